The van der Waals surface area contributed by atoms with Crippen LogP contribution in [0.2, 0.25) is 20.5 Å². The van der Waals surface area contributed by atoms with Gasteiger partial charge < -0.3 is 0 Å². The van der Waals surface area contributed by atoms with Gasteiger partial charge in [-0.2, -0.15) is 0 Å². The molecule has 173 valence electrons. The van der Waals surface area contributed by atoms with Crippen LogP contribution < -0.4 is 4.90 Å². The van der Waals surface area contributed by atoms with E-state index < -0.39 is 26.7 Å². The molecule has 32 heavy (non-hydrogen) atoms. The molecule has 0 saturated heterocycles. The third-order valence-electron chi connectivity index (χ3n) is 7.42. The van der Waals surface area contributed by atoms with Crippen LogP contribution in [0.4, 0.5) is 5.69 Å². The summed E-state index contributed by atoms with van der Waals surface area (Å²) in [5.74, 6) is 0. The summed E-state index contributed by atoms with van der Waals surface area (Å²) >= 11 is -1.85. The van der Waals surface area contributed by atoms with Crippen molar-refractivity contribution in [2.24, 2.45) is 0 Å². The van der Waals surface area contributed by atoms with E-state index in [1.807, 2.05) is 0 Å². The molecule has 1 nitrogen and oxygen atoms in total. The van der Waals surface area contributed by atoms with Crippen molar-refractivity contribution in [2.45, 2.75) is 76.8 Å². The van der Waals surface area contributed by atoms with Gasteiger partial charge in [-0.05, 0) is 0 Å². The summed E-state index contributed by atoms with van der Waals surface area (Å²) < 4.78 is 1.36. The van der Waals surface area contributed by atoms with E-state index in [1.165, 1.54) is 44.2 Å². The molecule has 3 rings (SSSR count). The van der Waals surface area contributed by atoms with Crippen LogP contribution in [-0.4, -0.2) is 22.9 Å². The van der Waals surface area contributed by atoms with Crippen LogP contribution in [0.15, 0.2) is 72.9 Å². The zero-order valence-corrected chi connectivity index (χ0v) is 24.0. The molecule has 2 aliphatic rings. The molecule has 1 atom stereocenters. The Morgan fingerprint density at radius 2 is 1.28 bits per heavy atom. The van der Waals surface area contributed by atoms with Gasteiger partial charge in [0, 0.05) is 0 Å². The van der Waals surface area contributed by atoms with Gasteiger partial charge in [0.15, 0.2) is 0 Å². The number of hydrogen-bond donors (Lipinski definition) is 0. The van der Waals surface area contributed by atoms with Crippen molar-refractivity contribution >= 4 is 14.5 Å². The topological polar surface area (TPSA) is 3.24 Å². The van der Waals surface area contributed by atoms with E-state index in [9.17, 15) is 0 Å². The van der Waals surface area contributed by atoms with Crippen LogP contribution in [0.3, 0.4) is 0 Å². The molecule has 0 bridgehead atoms. The summed E-state index contributed by atoms with van der Waals surface area (Å²) in [4.78, 5) is 2.35. The van der Waals surface area contributed by atoms with Gasteiger partial charge in [-0.3, -0.25) is 0 Å². The number of para-hydroxylation sites is 1. The summed E-state index contributed by atoms with van der Waals surface area (Å²) in [6.45, 7) is 9.95. The van der Waals surface area contributed by atoms with Crippen LogP contribution in [0.5, 0.6) is 0 Å². The summed E-state index contributed by atoms with van der Waals surface area (Å²) in [6, 6.07) is 9.35. The third kappa shape index (κ3) is 5.18. The van der Waals surface area contributed by atoms with Gasteiger partial charge in [-0.1, -0.05) is 0 Å². The Hall–Kier alpha value is -1.09. The quantitative estimate of drug-likeness (QED) is 0.270. The number of unbranched alkanes of at least 4 members (excludes halogenated alkanes) is 2. The molecule has 1 aromatic rings. The summed E-state index contributed by atoms with van der Waals surface area (Å²) in [7, 11) is 3.45. The molecule has 0 amide bonds. The second-order valence-corrected chi connectivity index (χ2v) is 19.7. The van der Waals surface area contributed by atoms with Crippen LogP contribution in [0.25, 0.3) is 0 Å². The molecular weight excluding hydrogens is 438 g/mol. The first-order valence-corrected chi connectivity index (χ1v) is 18.2. The minimum absolute atomic E-state index is 0.296. The van der Waals surface area contributed by atoms with Crippen molar-refractivity contribution in [3.63, 3.8) is 0 Å². The van der Waals surface area contributed by atoms with Gasteiger partial charge in [-0.25, -0.2) is 0 Å². The Morgan fingerprint density at radius 1 is 0.812 bits per heavy atom. The first kappa shape index (κ1) is 25.5. The van der Waals surface area contributed by atoms with Crippen molar-refractivity contribution in [3.8, 4) is 0 Å². The van der Waals surface area contributed by atoms with Crippen molar-refractivity contribution in [1.29, 1.82) is 0 Å². The fourth-order valence-corrected chi connectivity index (χ4v) is 20.4. The second-order valence-electron chi connectivity index (χ2n) is 10.3. The molecule has 0 spiro atoms. The normalized spacial score (nSPS) is 18.6. The molecule has 0 heterocycles. The first-order valence-electron chi connectivity index (χ1n) is 12.8. The van der Waals surface area contributed by atoms with Gasteiger partial charge in [-0.15, -0.1) is 0 Å². The van der Waals surface area contributed by atoms with Crippen LogP contribution in [0, 0.1) is 0 Å². The fourth-order valence-electron chi connectivity index (χ4n) is 5.94. The van der Waals surface area contributed by atoms with E-state index in [1.54, 1.807) is 5.56 Å². The number of nitrogens with zero attached hydrogens (tertiary/aromatic N) is 1. The SMILES string of the molecule is CCCC[C]1([Ti]([CH](c2ccccc2N(C)C)[SiH](C)C)[C]2(CCCC)C=CC=C2)C=CC=C1. The van der Waals surface area contributed by atoms with Crippen molar-refractivity contribution in [3.05, 3.63) is 78.4 Å². The molecule has 0 aliphatic heterocycles. The van der Waals surface area contributed by atoms with Crippen LogP contribution >= 0.6 is 0 Å². The van der Waals surface area contributed by atoms with Crippen molar-refractivity contribution in [1.82, 2.24) is 0 Å². The van der Waals surface area contributed by atoms with E-state index in [-0.39, 0.29) is 0 Å². The first-order chi connectivity index (χ1) is 15.4. The van der Waals surface area contributed by atoms with E-state index in [0.29, 0.717) is 7.44 Å². The number of benzene rings is 1. The molecule has 1 unspecified atom stereocenters. The molecule has 0 N–H and O–H groups in total. The average Bonchev–Trinajstić information content (AvgIpc) is 3.45. The molecule has 2 aliphatic carbocycles. The monoisotopic (exact) mass is 482 g/mol. The van der Waals surface area contributed by atoms with Crippen LogP contribution in [-0.2, 0) is 17.9 Å². The molecule has 0 aromatic heterocycles. The predicted octanol–water partition coefficient (Wildman–Crippen LogP) is 8.39. The average molecular weight is 483 g/mol. The van der Waals surface area contributed by atoms with Crippen LogP contribution in [0.1, 0.15) is 61.8 Å². The summed E-state index contributed by atoms with van der Waals surface area (Å²) in [6.07, 6.45) is 27.9. The summed E-state index contributed by atoms with van der Waals surface area (Å²) in [5, 5.41) is 0. The van der Waals surface area contributed by atoms with E-state index >= 15 is 0 Å². The van der Waals surface area contributed by atoms with Crippen molar-refractivity contribution in [2.75, 3.05) is 19.0 Å². The zero-order chi connectivity index (χ0) is 23.2. The Kier molecular flexibility index (Phi) is 9.06. The maximum absolute atomic E-state index is 2.65. The molecule has 1 aromatic carbocycles. The third-order valence-corrected chi connectivity index (χ3v) is 20.0. The van der Waals surface area contributed by atoms with Gasteiger partial charge in [0.2, 0.25) is 0 Å². The number of anilines is 1. The zero-order valence-electron chi connectivity index (χ0n) is 21.3. The molecule has 0 fully saturated rings. The van der Waals surface area contributed by atoms with Gasteiger partial charge in [0.05, 0.1) is 0 Å². The fraction of sp³-hybridized carbons (Fsp3) is 0.517. The Morgan fingerprint density at radius 3 is 1.69 bits per heavy atom. The maximum atomic E-state index is 2.65. The van der Waals surface area contributed by atoms with Gasteiger partial charge >= 0.3 is 207 Å². The second kappa shape index (κ2) is 11.4. The molecule has 0 radical (unpaired) electrons. The number of allylic oxidation sites excluding steroid dienone is 8. The van der Waals surface area contributed by atoms with E-state index in [4.69, 9.17) is 0 Å². The van der Waals surface area contributed by atoms with Crippen molar-refractivity contribution < 1.29 is 17.9 Å². The number of rotatable bonds is 12. The standard InChI is InChI=1S/C11H18NSi.2C9H13.Ti/c1-12(2)11-8-6-5-7-10(11)9-13(3)4;2*1-2-3-6-9-7-4-5-8-9;/h5-9,13H,1-4H3;2*4-5,7-8H,2-3,6H2,1H3;. The minimum atomic E-state index is -1.85. The van der Waals surface area contributed by atoms with E-state index in [2.05, 4.69) is 119 Å². The Bertz CT molecular complexity index is 800. The predicted molar refractivity (Wildman–Crippen MR) is 143 cm³/mol. The Balaban J connectivity index is 2.25. The molecule has 3 heteroatoms. The number of hydrogen-bond acceptors (Lipinski definition) is 1. The van der Waals surface area contributed by atoms with Gasteiger partial charge in [0.1, 0.15) is 0 Å². The summed E-state index contributed by atoms with van der Waals surface area (Å²) in [5.41, 5.74) is 3.08. The Labute approximate surface area is 205 Å². The molecular formula is C29H44NSiTi. The van der Waals surface area contributed by atoms with Gasteiger partial charge in [0.25, 0.3) is 0 Å². The molecule has 0 saturated carbocycles. The van der Waals surface area contributed by atoms with E-state index in [0.717, 1.165) is 3.85 Å².